The van der Waals surface area contributed by atoms with Gasteiger partial charge in [0.2, 0.25) is 0 Å². The van der Waals surface area contributed by atoms with Crippen molar-refractivity contribution in [3.05, 3.63) is 36.0 Å². The summed E-state index contributed by atoms with van der Waals surface area (Å²) in [6.07, 6.45) is -2.77. The molecule has 0 atom stereocenters. The lowest BCUT2D eigenvalue weighted by Gasteiger charge is -2.08. The van der Waals surface area contributed by atoms with Gasteiger partial charge in [-0.3, -0.25) is 9.89 Å². The molecule has 0 unspecified atom stereocenters. The summed E-state index contributed by atoms with van der Waals surface area (Å²) in [5.41, 5.74) is 1.33. The zero-order valence-electron chi connectivity index (χ0n) is 8.86. The lowest BCUT2D eigenvalue weighted by Crippen LogP contribution is -2.16. The van der Waals surface area contributed by atoms with Crippen LogP contribution in [0.2, 0.25) is 0 Å². The number of nitrogens with one attached hydrogen (secondary N) is 1. The number of hydrogen-bond donors (Lipinski definition) is 1. The molecule has 0 amide bonds. The monoisotopic (exact) mass is 256 g/mol. The number of aromatic nitrogens is 2. The molecule has 4 nitrogen and oxygen atoms in total. The second-order valence-corrected chi connectivity index (χ2v) is 3.39. The number of rotatable bonds is 3. The second-order valence-electron chi connectivity index (χ2n) is 3.39. The van der Waals surface area contributed by atoms with Crippen molar-refractivity contribution in [3.8, 4) is 17.0 Å². The molecule has 1 aromatic heterocycles. The van der Waals surface area contributed by atoms with Crippen LogP contribution < -0.4 is 4.74 Å². The van der Waals surface area contributed by atoms with Crippen LogP contribution in [-0.2, 0) is 0 Å². The van der Waals surface area contributed by atoms with E-state index in [0.29, 0.717) is 23.1 Å². The lowest BCUT2D eigenvalue weighted by molar-refractivity contribution is -0.274. The van der Waals surface area contributed by atoms with Gasteiger partial charge >= 0.3 is 6.36 Å². The van der Waals surface area contributed by atoms with E-state index in [2.05, 4.69) is 14.9 Å². The van der Waals surface area contributed by atoms with E-state index in [9.17, 15) is 18.0 Å². The number of ether oxygens (including phenoxy) is 1. The molecule has 0 radical (unpaired) electrons. The number of alkyl halides is 3. The van der Waals surface area contributed by atoms with Crippen molar-refractivity contribution >= 4 is 6.29 Å². The Balaban J connectivity index is 2.25. The number of benzene rings is 1. The Hall–Kier alpha value is -2.31. The third-order valence-corrected chi connectivity index (χ3v) is 2.17. The van der Waals surface area contributed by atoms with E-state index in [-0.39, 0.29) is 5.75 Å². The Bertz CT molecular complexity index is 546. The molecule has 7 heteroatoms. The topological polar surface area (TPSA) is 55.0 Å². The first-order chi connectivity index (χ1) is 8.49. The number of aldehydes is 1. The highest BCUT2D eigenvalue weighted by molar-refractivity contribution is 5.85. The van der Waals surface area contributed by atoms with Gasteiger partial charge in [0.05, 0.1) is 17.5 Å². The molecule has 2 rings (SSSR count). The highest BCUT2D eigenvalue weighted by atomic mass is 19.4. The highest BCUT2D eigenvalue weighted by Crippen LogP contribution is 2.26. The fourth-order valence-corrected chi connectivity index (χ4v) is 1.44. The molecule has 2 aromatic rings. The Morgan fingerprint density at radius 3 is 2.44 bits per heavy atom. The van der Waals surface area contributed by atoms with Crippen LogP contribution in [-0.4, -0.2) is 22.8 Å². The number of hydrogen-bond acceptors (Lipinski definition) is 3. The number of aromatic amines is 1. The molecule has 1 heterocycles. The van der Waals surface area contributed by atoms with E-state index in [1.807, 2.05) is 0 Å². The van der Waals surface area contributed by atoms with Crippen molar-refractivity contribution in [1.29, 1.82) is 0 Å². The molecular formula is C11H7F3N2O2. The van der Waals surface area contributed by atoms with Gasteiger partial charge in [-0.05, 0) is 24.3 Å². The number of H-pyrrole nitrogens is 1. The Morgan fingerprint density at radius 2 is 1.89 bits per heavy atom. The molecule has 0 spiro atoms. The molecule has 1 aromatic carbocycles. The van der Waals surface area contributed by atoms with Gasteiger partial charge in [0.15, 0.2) is 6.29 Å². The minimum absolute atomic E-state index is 0.321. The quantitative estimate of drug-likeness (QED) is 0.859. The zero-order valence-corrected chi connectivity index (χ0v) is 8.86. The standard InChI is InChI=1S/C11H7F3N2O2/c12-11(13,14)18-9-3-1-7(2-4-9)10-8(6-17)5-15-16-10/h1-6H,(H,15,16). The summed E-state index contributed by atoms with van der Waals surface area (Å²) in [7, 11) is 0. The van der Waals surface area contributed by atoms with E-state index in [1.165, 1.54) is 18.3 Å². The Morgan fingerprint density at radius 1 is 1.22 bits per heavy atom. The van der Waals surface area contributed by atoms with Gasteiger partial charge in [0.25, 0.3) is 0 Å². The van der Waals surface area contributed by atoms with Gasteiger partial charge in [0.1, 0.15) is 5.75 Å². The maximum absolute atomic E-state index is 11.9. The number of halogens is 3. The molecule has 0 saturated carbocycles. The fraction of sp³-hybridized carbons (Fsp3) is 0.0909. The minimum atomic E-state index is -4.72. The lowest BCUT2D eigenvalue weighted by atomic mass is 10.1. The summed E-state index contributed by atoms with van der Waals surface area (Å²) in [6, 6.07) is 5.14. The third-order valence-electron chi connectivity index (χ3n) is 2.17. The van der Waals surface area contributed by atoms with Crippen LogP contribution in [0, 0.1) is 0 Å². The molecule has 18 heavy (non-hydrogen) atoms. The summed E-state index contributed by atoms with van der Waals surface area (Å²) in [6.45, 7) is 0. The summed E-state index contributed by atoms with van der Waals surface area (Å²) >= 11 is 0. The van der Waals surface area contributed by atoms with Gasteiger partial charge in [-0.2, -0.15) is 5.10 Å². The molecular weight excluding hydrogens is 249 g/mol. The number of carbonyl (C=O) groups excluding carboxylic acids is 1. The number of carbonyl (C=O) groups is 1. The fourth-order valence-electron chi connectivity index (χ4n) is 1.44. The van der Waals surface area contributed by atoms with E-state index < -0.39 is 6.36 Å². The Kier molecular flexibility index (Phi) is 3.05. The predicted molar refractivity (Wildman–Crippen MR) is 56.1 cm³/mol. The first-order valence-corrected chi connectivity index (χ1v) is 4.84. The van der Waals surface area contributed by atoms with E-state index >= 15 is 0 Å². The van der Waals surface area contributed by atoms with Crippen LogP contribution in [0.25, 0.3) is 11.3 Å². The largest absolute Gasteiger partial charge is 0.573 e. The Labute approximate surface area is 99.4 Å². The van der Waals surface area contributed by atoms with Gasteiger partial charge in [0, 0.05) is 5.56 Å². The van der Waals surface area contributed by atoms with E-state index in [4.69, 9.17) is 0 Å². The summed E-state index contributed by atoms with van der Waals surface area (Å²) < 4.78 is 39.6. The van der Waals surface area contributed by atoms with Gasteiger partial charge in [-0.25, -0.2) is 0 Å². The highest BCUT2D eigenvalue weighted by Gasteiger charge is 2.30. The molecule has 94 valence electrons. The first-order valence-electron chi connectivity index (χ1n) is 4.84. The van der Waals surface area contributed by atoms with Crippen LogP contribution >= 0.6 is 0 Å². The van der Waals surface area contributed by atoms with Crippen molar-refractivity contribution in [2.45, 2.75) is 6.36 Å². The van der Waals surface area contributed by atoms with Crippen molar-refractivity contribution in [2.24, 2.45) is 0 Å². The summed E-state index contributed by atoms with van der Waals surface area (Å²) in [5, 5.41) is 6.28. The van der Waals surface area contributed by atoms with Crippen LogP contribution in [0.5, 0.6) is 5.75 Å². The van der Waals surface area contributed by atoms with Crippen LogP contribution in [0.1, 0.15) is 10.4 Å². The zero-order chi connectivity index (χ0) is 13.2. The minimum Gasteiger partial charge on any atom is -0.406 e. The van der Waals surface area contributed by atoms with Crippen molar-refractivity contribution < 1.29 is 22.7 Å². The normalized spacial score (nSPS) is 11.3. The van der Waals surface area contributed by atoms with Gasteiger partial charge < -0.3 is 4.74 Å². The molecule has 0 aliphatic rings. The van der Waals surface area contributed by atoms with Crippen molar-refractivity contribution in [2.75, 3.05) is 0 Å². The molecule has 0 fully saturated rings. The van der Waals surface area contributed by atoms with Crippen LogP contribution in [0.4, 0.5) is 13.2 Å². The third kappa shape index (κ3) is 2.68. The average molecular weight is 256 g/mol. The average Bonchev–Trinajstić information content (AvgIpc) is 2.76. The molecule has 0 saturated heterocycles. The van der Waals surface area contributed by atoms with E-state index in [0.717, 1.165) is 12.1 Å². The molecule has 0 aliphatic heterocycles. The van der Waals surface area contributed by atoms with Crippen molar-refractivity contribution in [1.82, 2.24) is 10.2 Å². The van der Waals surface area contributed by atoms with Crippen LogP contribution in [0.3, 0.4) is 0 Å². The van der Waals surface area contributed by atoms with Gasteiger partial charge in [-0.15, -0.1) is 13.2 Å². The SMILES string of the molecule is O=Cc1cn[nH]c1-c1ccc(OC(F)(F)F)cc1. The molecule has 0 bridgehead atoms. The summed E-state index contributed by atoms with van der Waals surface area (Å²) in [5.74, 6) is -0.321. The maximum atomic E-state index is 11.9. The molecule has 1 N–H and O–H groups in total. The molecule has 0 aliphatic carbocycles. The second kappa shape index (κ2) is 4.52. The predicted octanol–water partition coefficient (Wildman–Crippen LogP) is 2.79. The van der Waals surface area contributed by atoms with Gasteiger partial charge in [-0.1, -0.05) is 0 Å². The van der Waals surface area contributed by atoms with Crippen molar-refractivity contribution in [3.63, 3.8) is 0 Å². The number of nitrogens with zero attached hydrogens (tertiary/aromatic N) is 1. The smallest absolute Gasteiger partial charge is 0.406 e. The van der Waals surface area contributed by atoms with E-state index in [1.54, 1.807) is 0 Å². The van der Waals surface area contributed by atoms with Crippen LogP contribution in [0.15, 0.2) is 30.5 Å². The maximum Gasteiger partial charge on any atom is 0.573 e. The first kappa shape index (κ1) is 12.2. The summed E-state index contributed by atoms with van der Waals surface area (Å²) in [4.78, 5) is 10.7.